The monoisotopic (exact) mass is 478 g/mol. The maximum Gasteiger partial charge on any atom is 0.230 e. The zero-order valence-corrected chi connectivity index (χ0v) is 20.0. The van der Waals surface area contributed by atoms with Crippen LogP contribution < -0.4 is 14.8 Å². The molecular weight excluding hydrogens is 452 g/mol. The molecule has 2 aromatic heterocycles. The second-order valence-electron chi connectivity index (χ2n) is 7.52. The van der Waals surface area contributed by atoms with E-state index in [1.807, 2.05) is 72.2 Å². The second-order valence-corrected chi connectivity index (χ2v) is 8.47. The molecule has 9 heteroatoms. The summed E-state index contributed by atoms with van der Waals surface area (Å²) >= 11 is 1.32. The van der Waals surface area contributed by atoms with Gasteiger partial charge in [-0.1, -0.05) is 42.1 Å². The van der Waals surface area contributed by atoms with Crippen LogP contribution in [0.2, 0.25) is 0 Å². The number of amides is 1. The van der Waals surface area contributed by atoms with Gasteiger partial charge in [0.05, 0.1) is 38.8 Å². The fourth-order valence-electron chi connectivity index (χ4n) is 3.59. The summed E-state index contributed by atoms with van der Waals surface area (Å²) in [6.45, 7) is 2.37. The highest BCUT2D eigenvalue weighted by atomic mass is 32.2. The molecule has 2 aromatic carbocycles. The van der Waals surface area contributed by atoms with Gasteiger partial charge in [-0.15, -0.1) is 10.2 Å². The summed E-state index contributed by atoms with van der Waals surface area (Å²) < 4.78 is 18.2. The molecule has 0 aliphatic carbocycles. The average Bonchev–Trinajstić information content (AvgIpc) is 3.53. The molecular formula is C25H26N4O4S. The van der Waals surface area contributed by atoms with Gasteiger partial charge in [0.2, 0.25) is 5.91 Å². The number of hydrogen-bond donors (Lipinski definition) is 1. The van der Waals surface area contributed by atoms with Crippen LogP contribution in [0.5, 0.6) is 11.5 Å². The number of rotatable bonds is 10. The minimum Gasteiger partial charge on any atom is -0.497 e. The van der Waals surface area contributed by atoms with Gasteiger partial charge in [0.15, 0.2) is 11.0 Å². The lowest BCUT2D eigenvalue weighted by molar-refractivity contribution is -0.119. The highest BCUT2D eigenvalue weighted by Crippen LogP contribution is 2.28. The van der Waals surface area contributed by atoms with Gasteiger partial charge in [-0.3, -0.25) is 9.36 Å². The summed E-state index contributed by atoms with van der Waals surface area (Å²) in [7, 11) is 3.24. The normalized spacial score (nSPS) is 11.7. The van der Waals surface area contributed by atoms with Gasteiger partial charge in [0.25, 0.3) is 0 Å². The van der Waals surface area contributed by atoms with E-state index in [1.165, 1.54) is 11.8 Å². The van der Waals surface area contributed by atoms with Gasteiger partial charge in [0, 0.05) is 11.1 Å². The number of benzene rings is 2. The molecule has 1 N–H and O–H groups in total. The van der Waals surface area contributed by atoms with E-state index in [9.17, 15) is 4.79 Å². The Hall–Kier alpha value is -3.72. The topological polar surface area (TPSA) is 91.4 Å². The highest BCUT2D eigenvalue weighted by molar-refractivity contribution is 7.99. The van der Waals surface area contributed by atoms with Crippen molar-refractivity contribution in [1.29, 1.82) is 0 Å². The van der Waals surface area contributed by atoms with Crippen molar-refractivity contribution in [3.05, 3.63) is 78.3 Å². The Balaban J connectivity index is 1.51. The largest absolute Gasteiger partial charge is 0.497 e. The molecule has 0 bridgehead atoms. The number of aromatic nitrogens is 3. The molecule has 0 fully saturated rings. The second kappa shape index (κ2) is 10.9. The number of carbonyl (C=O) groups excluding carboxylic acids is 1. The van der Waals surface area contributed by atoms with Crippen molar-refractivity contribution in [3.63, 3.8) is 0 Å². The van der Waals surface area contributed by atoms with Crippen molar-refractivity contribution in [2.24, 2.45) is 0 Å². The quantitative estimate of drug-likeness (QED) is 0.334. The Morgan fingerprint density at radius 1 is 1.09 bits per heavy atom. The maximum absolute atomic E-state index is 12.7. The first-order valence-electron chi connectivity index (χ1n) is 10.7. The summed E-state index contributed by atoms with van der Waals surface area (Å²) in [5, 5.41) is 12.4. The van der Waals surface area contributed by atoms with E-state index in [0.717, 1.165) is 28.4 Å². The first-order valence-corrected chi connectivity index (χ1v) is 11.7. The van der Waals surface area contributed by atoms with Gasteiger partial charge < -0.3 is 19.2 Å². The third kappa shape index (κ3) is 5.43. The highest BCUT2D eigenvalue weighted by Gasteiger charge is 2.19. The molecule has 0 aliphatic heterocycles. The lowest BCUT2D eigenvalue weighted by Gasteiger charge is -2.17. The molecule has 1 unspecified atom stereocenters. The lowest BCUT2D eigenvalue weighted by Crippen LogP contribution is -2.28. The smallest absolute Gasteiger partial charge is 0.230 e. The van der Waals surface area contributed by atoms with Gasteiger partial charge in [-0.25, -0.2) is 0 Å². The standard InChI is InChI=1S/C25H26N4O4S/c1-17(21-11-4-5-12-22(21)32-3)26-23(30)16-34-25-28-27-24(18-8-6-9-19(14-18)31-2)29(25)15-20-10-7-13-33-20/h4-14,17H,15-16H2,1-3H3,(H,26,30). The van der Waals surface area contributed by atoms with Crippen molar-refractivity contribution >= 4 is 17.7 Å². The predicted molar refractivity (Wildman–Crippen MR) is 130 cm³/mol. The average molecular weight is 479 g/mol. The maximum atomic E-state index is 12.7. The number of nitrogens with one attached hydrogen (secondary N) is 1. The first-order chi connectivity index (χ1) is 16.6. The zero-order chi connectivity index (χ0) is 23.9. The number of furan rings is 1. The summed E-state index contributed by atoms with van der Waals surface area (Å²) in [5.74, 6) is 2.97. The molecule has 4 rings (SSSR count). The van der Waals surface area contributed by atoms with Gasteiger partial charge in [-0.2, -0.15) is 0 Å². The van der Waals surface area contributed by atoms with Crippen molar-refractivity contribution in [3.8, 4) is 22.9 Å². The van der Waals surface area contributed by atoms with Crippen LogP contribution in [0, 0.1) is 0 Å². The van der Waals surface area contributed by atoms with Crippen molar-refractivity contribution < 1.29 is 18.7 Å². The molecule has 1 amide bonds. The summed E-state index contributed by atoms with van der Waals surface area (Å²) in [5.41, 5.74) is 1.78. The molecule has 1 atom stereocenters. The number of thioether (sulfide) groups is 1. The van der Waals surface area contributed by atoms with E-state index in [-0.39, 0.29) is 17.7 Å². The van der Waals surface area contributed by atoms with E-state index in [2.05, 4.69) is 15.5 Å². The SMILES string of the molecule is COc1cccc(-c2nnc(SCC(=O)NC(C)c3ccccc3OC)n2Cc2ccco2)c1. The van der Waals surface area contributed by atoms with Crippen LogP contribution in [-0.4, -0.2) is 40.6 Å². The van der Waals surface area contributed by atoms with Crippen LogP contribution >= 0.6 is 11.8 Å². The number of carbonyl (C=O) groups is 1. The van der Waals surface area contributed by atoms with Crippen LogP contribution in [0.3, 0.4) is 0 Å². The molecule has 0 saturated heterocycles. The number of para-hydroxylation sites is 1. The lowest BCUT2D eigenvalue weighted by atomic mass is 10.1. The van der Waals surface area contributed by atoms with Crippen molar-refractivity contribution in [2.45, 2.75) is 24.7 Å². The molecule has 4 aromatic rings. The van der Waals surface area contributed by atoms with Crippen LogP contribution in [0.4, 0.5) is 0 Å². The fraction of sp³-hybridized carbons (Fsp3) is 0.240. The summed E-state index contributed by atoms with van der Waals surface area (Å²) in [4.78, 5) is 12.7. The fourth-order valence-corrected chi connectivity index (χ4v) is 4.34. The molecule has 176 valence electrons. The van der Waals surface area contributed by atoms with Crippen molar-refractivity contribution in [2.75, 3.05) is 20.0 Å². The number of methoxy groups -OCH3 is 2. The van der Waals surface area contributed by atoms with Crippen LogP contribution in [-0.2, 0) is 11.3 Å². The van der Waals surface area contributed by atoms with Crippen LogP contribution in [0.25, 0.3) is 11.4 Å². The molecule has 0 aliphatic rings. The molecule has 34 heavy (non-hydrogen) atoms. The van der Waals surface area contributed by atoms with E-state index in [0.29, 0.717) is 17.5 Å². The van der Waals surface area contributed by atoms with E-state index >= 15 is 0 Å². The van der Waals surface area contributed by atoms with E-state index in [4.69, 9.17) is 13.9 Å². The summed E-state index contributed by atoms with van der Waals surface area (Å²) in [6.07, 6.45) is 1.63. The van der Waals surface area contributed by atoms with Gasteiger partial charge >= 0.3 is 0 Å². The Kier molecular flexibility index (Phi) is 7.54. The third-order valence-electron chi connectivity index (χ3n) is 5.25. The molecule has 0 saturated carbocycles. The minimum absolute atomic E-state index is 0.112. The van der Waals surface area contributed by atoms with E-state index < -0.39 is 0 Å². The summed E-state index contributed by atoms with van der Waals surface area (Å²) in [6, 6.07) is 18.8. The number of ether oxygens (including phenoxy) is 2. The van der Waals surface area contributed by atoms with Crippen LogP contribution in [0.1, 0.15) is 24.3 Å². The molecule has 0 spiro atoms. The third-order valence-corrected chi connectivity index (χ3v) is 6.22. The molecule has 8 nitrogen and oxygen atoms in total. The predicted octanol–water partition coefficient (Wildman–Crippen LogP) is 4.57. The molecule has 2 heterocycles. The van der Waals surface area contributed by atoms with Gasteiger partial charge in [-0.05, 0) is 37.3 Å². The Labute approximate surface area is 202 Å². The minimum atomic E-state index is -0.197. The van der Waals surface area contributed by atoms with Gasteiger partial charge in [0.1, 0.15) is 17.3 Å². The molecule has 0 radical (unpaired) electrons. The Bertz CT molecular complexity index is 1240. The zero-order valence-electron chi connectivity index (χ0n) is 19.2. The van der Waals surface area contributed by atoms with Crippen molar-refractivity contribution in [1.82, 2.24) is 20.1 Å². The Morgan fingerprint density at radius 3 is 2.71 bits per heavy atom. The number of hydrogen-bond acceptors (Lipinski definition) is 7. The van der Waals surface area contributed by atoms with E-state index in [1.54, 1.807) is 20.5 Å². The Morgan fingerprint density at radius 2 is 1.94 bits per heavy atom. The number of nitrogens with zero attached hydrogens (tertiary/aromatic N) is 3. The first kappa shape index (κ1) is 23.4. The van der Waals surface area contributed by atoms with Crippen LogP contribution in [0.15, 0.2) is 76.5 Å².